The third-order valence-electron chi connectivity index (χ3n) is 7.28. The summed E-state index contributed by atoms with van der Waals surface area (Å²) in [5.74, 6) is -2.23. The Labute approximate surface area is 251 Å². The maximum Gasteiger partial charge on any atom is 0.337 e. The number of non-ortho nitro benzene ring substituents is 1. The predicted octanol–water partition coefficient (Wildman–Crippen LogP) is 7.12. The van der Waals surface area contributed by atoms with Gasteiger partial charge in [0.2, 0.25) is 0 Å². The average Bonchev–Trinajstić information content (AvgIpc) is 3.01. The Morgan fingerprint density at radius 3 is 1.67 bits per heavy atom. The van der Waals surface area contributed by atoms with Crippen molar-refractivity contribution in [3.8, 4) is 0 Å². The number of benzene rings is 3. The number of nitro groups is 1. The summed E-state index contributed by atoms with van der Waals surface area (Å²) in [5, 5.41) is 14.7. The Hall–Kier alpha value is -5.24. The highest BCUT2D eigenvalue weighted by atomic mass is 16.6. The zero-order valence-corrected chi connectivity index (χ0v) is 24.6. The summed E-state index contributed by atoms with van der Waals surface area (Å²) >= 11 is 0. The fraction of sp³-hybridized carbons (Fsp3) is 0.200. The molecule has 1 N–H and O–H groups in total. The van der Waals surface area contributed by atoms with Gasteiger partial charge in [-0.3, -0.25) is 10.1 Å². The van der Waals surface area contributed by atoms with Gasteiger partial charge in [-0.2, -0.15) is 0 Å². The van der Waals surface area contributed by atoms with Crippen LogP contribution in [0.25, 0.3) is 11.1 Å². The highest BCUT2D eigenvalue weighted by Crippen LogP contribution is 2.40. The van der Waals surface area contributed by atoms with Crippen molar-refractivity contribution in [3.05, 3.63) is 146 Å². The lowest BCUT2D eigenvalue weighted by Gasteiger charge is -2.30. The Morgan fingerprint density at radius 2 is 1.23 bits per heavy atom. The van der Waals surface area contributed by atoms with E-state index in [9.17, 15) is 19.7 Å². The molecule has 4 rings (SSSR count). The molecular weight excluding hydrogens is 544 g/mol. The summed E-state index contributed by atoms with van der Waals surface area (Å²) in [6.45, 7) is 7.28. The molecule has 3 aromatic carbocycles. The summed E-state index contributed by atoms with van der Waals surface area (Å²) in [6, 6.07) is 25.3. The smallest absolute Gasteiger partial charge is 0.337 e. The van der Waals surface area contributed by atoms with E-state index in [1.807, 2.05) is 74.5 Å². The molecule has 0 amide bonds. The van der Waals surface area contributed by atoms with Crippen LogP contribution in [-0.4, -0.2) is 30.1 Å². The van der Waals surface area contributed by atoms with Gasteiger partial charge in [0.1, 0.15) is 13.2 Å². The van der Waals surface area contributed by atoms with E-state index in [0.29, 0.717) is 17.0 Å². The Kier molecular flexibility index (Phi) is 10.1. The lowest BCUT2D eigenvalue weighted by atomic mass is 9.80. The highest BCUT2D eigenvalue weighted by molar-refractivity contribution is 6.00. The summed E-state index contributed by atoms with van der Waals surface area (Å²) in [7, 11) is 0. The van der Waals surface area contributed by atoms with Crippen molar-refractivity contribution >= 4 is 28.8 Å². The summed E-state index contributed by atoms with van der Waals surface area (Å²) in [6.07, 6.45) is 3.61. The number of hydrogen-bond donors (Lipinski definition) is 1. The summed E-state index contributed by atoms with van der Waals surface area (Å²) in [5.41, 5.74) is 5.46. The summed E-state index contributed by atoms with van der Waals surface area (Å²) < 4.78 is 11.3. The van der Waals surface area contributed by atoms with Crippen molar-refractivity contribution in [2.45, 2.75) is 33.6 Å². The molecule has 1 aliphatic rings. The van der Waals surface area contributed by atoms with Gasteiger partial charge in [0.25, 0.3) is 5.69 Å². The van der Waals surface area contributed by atoms with Crippen LogP contribution in [0.3, 0.4) is 0 Å². The first-order chi connectivity index (χ1) is 20.7. The summed E-state index contributed by atoms with van der Waals surface area (Å²) in [4.78, 5) is 38.3. The Morgan fingerprint density at radius 1 is 0.767 bits per heavy atom. The second-order valence-electron chi connectivity index (χ2n) is 10.2. The monoisotopic (exact) mass is 578 g/mol. The molecule has 1 aliphatic heterocycles. The number of rotatable bonds is 10. The molecule has 0 spiro atoms. The molecule has 0 fully saturated rings. The number of hydrogen-bond acceptors (Lipinski definition) is 7. The molecule has 0 unspecified atom stereocenters. The topological polar surface area (TPSA) is 108 Å². The van der Waals surface area contributed by atoms with E-state index in [1.54, 1.807) is 32.1 Å². The third-order valence-corrected chi connectivity index (χ3v) is 7.28. The number of esters is 2. The van der Waals surface area contributed by atoms with Crippen molar-refractivity contribution in [2.75, 3.05) is 13.2 Å². The second kappa shape index (κ2) is 14.1. The van der Waals surface area contributed by atoms with Crippen LogP contribution in [0.15, 0.2) is 120 Å². The number of ether oxygens (including phenoxy) is 2. The van der Waals surface area contributed by atoms with Crippen LogP contribution in [-0.2, 0) is 19.1 Å². The number of nitrogens with zero attached hydrogens (tertiary/aromatic N) is 1. The SMILES string of the molecule is CC(=CCOC(=O)C1=C(C)NC(C)=C(C(=O)OCC=C(C)c2ccccc2)C1c1cccc([N+](=O)[O-])c1)c1ccccc1. The van der Waals surface area contributed by atoms with E-state index in [-0.39, 0.29) is 30.0 Å². The first-order valence-electron chi connectivity index (χ1n) is 13.9. The van der Waals surface area contributed by atoms with E-state index in [0.717, 1.165) is 22.3 Å². The van der Waals surface area contributed by atoms with Crippen LogP contribution < -0.4 is 5.32 Å². The van der Waals surface area contributed by atoms with Crippen molar-refractivity contribution in [3.63, 3.8) is 0 Å². The fourth-order valence-electron chi connectivity index (χ4n) is 4.96. The maximum absolute atomic E-state index is 13.6. The molecule has 0 aromatic heterocycles. The van der Waals surface area contributed by atoms with Crippen LogP contribution in [0.5, 0.6) is 0 Å². The molecule has 0 aliphatic carbocycles. The molecule has 8 nitrogen and oxygen atoms in total. The van der Waals surface area contributed by atoms with Crippen LogP contribution in [0.1, 0.15) is 50.3 Å². The zero-order chi connectivity index (χ0) is 30.9. The van der Waals surface area contributed by atoms with E-state index >= 15 is 0 Å². The van der Waals surface area contributed by atoms with Gasteiger partial charge < -0.3 is 14.8 Å². The molecule has 43 heavy (non-hydrogen) atoms. The predicted molar refractivity (Wildman–Crippen MR) is 166 cm³/mol. The van der Waals surface area contributed by atoms with Crippen molar-refractivity contribution in [2.24, 2.45) is 0 Å². The molecule has 220 valence electrons. The molecule has 8 heteroatoms. The quantitative estimate of drug-likeness (QED) is 0.155. The zero-order valence-electron chi connectivity index (χ0n) is 24.6. The van der Waals surface area contributed by atoms with Gasteiger partial charge >= 0.3 is 11.9 Å². The minimum atomic E-state index is -0.945. The number of carbonyl (C=O) groups excluding carboxylic acids is 2. The highest BCUT2D eigenvalue weighted by Gasteiger charge is 2.38. The van der Waals surface area contributed by atoms with Crippen molar-refractivity contribution < 1.29 is 24.0 Å². The molecular formula is C35H34N2O6. The van der Waals surface area contributed by atoms with E-state index in [1.165, 1.54) is 18.2 Å². The largest absolute Gasteiger partial charge is 0.458 e. The van der Waals surface area contributed by atoms with Crippen molar-refractivity contribution in [1.29, 1.82) is 0 Å². The fourth-order valence-corrected chi connectivity index (χ4v) is 4.96. The van der Waals surface area contributed by atoms with Gasteiger partial charge in [0.15, 0.2) is 0 Å². The number of nitro benzene ring substituents is 1. The van der Waals surface area contributed by atoms with E-state index in [4.69, 9.17) is 9.47 Å². The minimum absolute atomic E-state index is 0.00400. The number of nitrogens with one attached hydrogen (secondary N) is 1. The first kappa shape index (κ1) is 30.7. The van der Waals surface area contributed by atoms with Gasteiger partial charge in [0.05, 0.1) is 22.0 Å². The molecule has 0 saturated carbocycles. The number of dihydropyridines is 1. The lowest BCUT2D eigenvalue weighted by Crippen LogP contribution is -2.32. The van der Waals surface area contributed by atoms with Crippen LogP contribution in [0.4, 0.5) is 5.69 Å². The van der Waals surface area contributed by atoms with Crippen LogP contribution >= 0.6 is 0 Å². The van der Waals surface area contributed by atoms with Gasteiger partial charge in [-0.25, -0.2) is 9.59 Å². The van der Waals surface area contributed by atoms with E-state index in [2.05, 4.69) is 5.32 Å². The van der Waals surface area contributed by atoms with Crippen molar-refractivity contribution in [1.82, 2.24) is 5.32 Å². The van der Waals surface area contributed by atoms with Crippen LogP contribution in [0, 0.1) is 10.1 Å². The number of allylic oxidation sites excluding steroid dienone is 4. The average molecular weight is 579 g/mol. The van der Waals surface area contributed by atoms with E-state index < -0.39 is 22.8 Å². The number of carbonyl (C=O) groups is 2. The Balaban J connectivity index is 1.63. The molecule has 0 atom stereocenters. The molecule has 1 heterocycles. The first-order valence-corrected chi connectivity index (χ1v) is 13.9. The minimum Gasteiger partial charge on any atom is -0.458 e. The second-order valence-corrected chi connectivity index (χ2v) is 10.2. The van der Waals surface area contributed by atoms with Gasteiger partial charge in [-0.15, -0.1) is 0 Å². The molecule has 0 bridgehead atoms. The van der Waals surface area contributed by atoms with Gasteiger partial charge in [0, 0.05) is 23.5 Å². The van der Waals surface area contributed by atoms with Gasteiger partial charge in [-0.1, -0.05) is 72.8 Å². The molecule has 0 saturated heterocycles. The standard InChI is InChI=1S/C35H34N2O6/c1-23(27-12-7-5-8-13-27)18-20-42-34(38)31-25(3)36-26(4)32(33(31)29-16-11-17-30(22-29)37(40)41)35(39)43-21-19-24(2)28-14-9-6-10-15-28/h5-19,22,33,36H,20-21H2,1-4H3. The molecule has 0 radical (unpaired) electrons. The Bertz CT molecular complexity index is 1540. The molecule has 3 aromatic rings. The maximum atomic E-state index is 13.6. The van der Waals surface area contributed by atoms with Gasteiger partial charge in [-0.05, 0) is 67.7 Å². The van der Waals surface area contributed by atoms with Crippen LogP contribution in [0.2, 0.25) is 0 Å². The normalized spacial score (nSPS) is 15.6. The lowest BCUT2D eigenvalue weighted by molar-refractivity contribution is -0.384. The third kappa shape index (κ3) is 7.54.